The van der Waals surface area contributed by atoms with Crippen molar-refractivity contribution in [2.75, 3.05) is 10.9 Å². The molecule has 0 saturated heterocycles. The van der Waals surface area contributed by atoms with Crippen molar-refractivity contribution in [2.45, 2.75) is 6.92 Å². The first-order chi connectivity index (χ1) is 16.4. The lowest BCUT2D eigenvalue weighted by atomic mass is 10.0. The van der Waals surface area contributed by atoms with Crippen LogP contribution in [0.5, 0.6) is 0 Å². The van der Waals surface area contributed by atoms with E-state index in [0.717, 1.165) is 17.6 Å². The van der Waals surface area contributed by atoms with Crippen molar-refractivity contribution in [3.05, 3.63) is 102 Å². The summed E-state index contributed by atoms with van der Waals surface area (Å²) in [6.45, 7) is 1.67. The molecular weight excluding hydrogens is 456 g/mol. The summed E-state index contributed by atoms with van der Waals surface area (Å²) in [4.78, 5) is 39.2. The van der Waals surface area contributed by atoms with E-state index in [0.29, 0.717) is 16.5 Å². The lowest BCUT2D eigenvalue weighted by molar-refractivity contribution is 0.103. The summed E-state index contributed by atoms with van der Waals surface area (Å²) in [6, 6.07) is 12.9. The second-order valence-corrected chi connectivity index (χ2v) is 7.79. The molecule has 2 heterocycles. The number of nitrogens with zero attached hydrogens (tertiary/aromatic N) is 6. The first-order valence-electron chi connectivity index (χ1n) is 9.83. The topological polar surface area (TPSA) is 154 Å². The van der Waals surface area contributed by atoms with Crippen LogP contribution in [0.2, 0.25) is 0 Å². The van der Waals surface area contributed by atoms with Crippen LogP contribution in [0, 0.1) is 18.3 Å². The summed E-state index contributed by atoms with van der Waals surface area (Å²) >= 11 is 0.997. The largest absolute Gasteiger partial charge is 0.288 e. The Kier molecular flexibility index (Phi) is 6.20. The standard InChI is InChI=1S/C22H16N8O3S/c1-12-15(11-23)22(34-29-12)28-25-16-10-14(19(31)13-6-4-3-5-7-13)20(32)18(21(16)33)27-26-17-8-9-24-30(17)2/h3-10,26,28H,1-2H3/b25-16+,27-18+. The van der Waals surface area contributed by atoms with E-state index < -0.39 is 22.0 Å². The van der Waals surface area contributed by atoms with Crippen molar-refractivity contribution >= 4 is 28.1 Å². The molecule has 0 radical (unpaired) electrons. The lowest BCUT2D eigenvalue weighted by Gasteiger charge is -2.02. The van der Waals surface area contributed by atoms with Gasteiger partial charge in [-0.25, -0.2) is 0 Å². The van der Waals surface area contributed by atoms with Gasteiger partial charge in [-0.15, -0.1) is 0 Å². The van der Waals surface area contributed by atoms with Crippen LogP contribution in [0.25, 0.3) is 0 Å². The third-order valence-corrected chi connectivity index (χ3v) is 5.67. The number of carbonyl (C=O) groups excluding carboxylic acids is 1. The molecule has 34 heavy (non-hydrogen) atoms. The van der Waals surface area contributed by atoms with E-state index in [9.17, 15) is 19.6 Å². The number of carbonyl (C=O) groups is 1. The van der Waals surface area contributed by atoms with E-state index in [2.05, 4.69) is 30.5 Å². The van der Waals surface area contributed by atoms with E-state index in [-0.39, 0.29) is 22.0 Å². The van der Waals surface area contributed by atoms with Crippen LogP contribution >= 0.6 is 11.5 Å². The van der Waals surface area contributed by atoms with Crippen LogP contribution < -0.4 is 32.4 Å². The zero-order valence-electron chi connectivity index (χ0n) is 17.9. The maximum atomic E-state index is 13.1. The monoisotopic (exact) mass is 472 g/mol. The number of rotatable bonds is 6. The molecule has 0 amide bonds. The Bertz CT molecular complexity index is 1660. The van der Waals surface area contributed by atoms with E-state index in [1.165, 1.54) is 10.9 Å². The lowest BCUT2D eigenvalue weighted by Crippen LogP contribution is -2.50. The fraction of sp³-hybridized carbons (Fsp3) is 0.0909. The fourth-order valence-electron chi connectivity index (χ4n) is 3.00. The number of hydrogen-bond donors (Lipinski definition) is 2. The number of ketones is 1. The Morgan fingerprint density at radius 2 is 1.88 bits per heavy atom. The summed E-state index contributed by atoms with van der Waals surface area (Å²) < 4.78 is 5.54. The summed E-state index contributed by atoms with van der Waals surface area (Å²) in [5.41, 5.74) is 4.43. The summed E-state index contributed by atoms with van der Waals surface area (Å²) in [5, 5.41) is 20.9. The van der Waals surface area contributed by atoms with Crippen molar-refractivity contribution < 1.29 is 4.79 Å². The zero-order chi connectivity index (χ0) is 24.2. The smallest absolute Gasteiger partial charge is 0.237 e. The maximum Gasteiger partial charge on any atom is 0.237 e. The number of aryl methyl sites for hydroxylation is 2. The molecule has 11 nitrogen and oxygen atoms in total. The van der Waals surface area contributed by atoms with Crippen LogP contribution in [0.3, 0.4) is 0 Å². The van der Waals surface area contributed by atoms with Crippen LogP contribution in [-0.2, 0) is 7.05 Å². The SMILES string of the molecule is Cc1nsc(N/N=c2\cc(C(=O)c3ccccc3)c(=O)/c(=N\Nc3ccnn3C)c2=O)c1C#N. The van der Waals surface area contributed by atoms with Crippen molar-refractivity contribution in [2.24, 2.45) is 17.3 Å². The minimum Gasteiger partial charge on any atom is -0.288 e. The summed E-state index contributed by atoms with van der Waals surface area (Å²) in [7, 11) is 1.65. The number of nitrogens with one attached hydrogen (secondary N) is 2. The van der Waals surface area contributed by atoms with Gasteiger partial charge >= 0.3 is 0 Å². The first kappa shape index (κ1) is 22.4. The second-order valence-electron chi connectivity index (χ2n) is 7.02. The molecule has 0 aliphatic rings. The Balaban J connectivity index is 1.89. The van der Waals surface area contributed by atoms with Crippen LogP contribution in [0.1, 0.15) is 27.2 Å². The van der Waals surface area contributed by atoms with Gasteiger partial charge in [0.1, 0.15) is 27.8 Å². The minimum atomic E-state index is -0.834. The first-order valence-corrected chi connectivity index (χ1v) is 10.6. The quantitative estimate of drug-likeness (QED) is 0.308. The highest BCUT2D eigenvalue weighted by molar-refractivity contribution is 7.10. The van der Waals surface area contributed by atoms with Gasteiger partial charge in [-0.1, -0.05) is 30.3 Å². The Morgan fingerprint density at radius 1 is 1.12 bits per heavy atom. The molecule has 0 atom stereocenters. The summed E-state index contributed by atoms with van der Waals surface area (Å²) in [5.74, 6) is -0.153. The highest BCUT2D eigenvalue weighted by Crippen LogP contribution is 2.22. The molecule has 0 aliphatic carbocycles. The van der Waals surface area contributed by atoms with Crippen LogP contribution in [0.15, 0.2) is 68.5 Å². The average molecular weight is 472 g/mol. The van der Waals surface area contributed by atoms with Gasteiger partial charge in [0, 0.05) is 18.7 Å². The Hall–Kier alpha value is -4.76. The molecule has 0 bridgehead atoms. The molecule has 4 aromatic rings. The van der Waals surface area contributed by atoms with Gasteiger partial charge in [0.15, 0.2) is 11.1 Å². The van der Waals surface area contributed by atoms with Crippen molar-refractivity contribution in [3.8, 4) is 6.07 Å². The molecular formula is C22H16N8O3S. The van der Waals surface area contributed by atoms with E-state index in [1.54, 1.807) is 50.4 Å². The molecule has 0 spiro atoms. The van der Waals surface area contributed by atoms with Gasteiger partial charge < -0.3 is 0 Å². The molecule has 0 fully saturated rings. The molecule has 2 N–H and O–H groups in total. The summed E-state index contributed by atoms with van der Waals surface area (Å²) in [6.07, 6.45) is 1.51. The molecule has 4 rings (SSSR count). The zero-order valence-corrected chi connectivity index (χ0v) is 18.8. The normalized spacial score (nSPS) is 11.9. The second kappa shape index (κ2) is 9.39. The molecule has 12 heteroatoms. The Morgan fingerprint density at radius 3 is 2.56 bits per heavy atom. The highest BCUT2D eigenvalue weighted by Gasteiger charge is 2.17. The van der Waals surface area contributed by atoms with E-state index in [1.807, 2.05) is 6.07 Å². The minimum absolute atomic E-state index is 0.223. The van der Waals surface area contributed by atoms with Crippen LogP contribution in [-0.4, -0.2) is 19.9 Å². The van der Waals surface area contributed by atoms with Crippen LogP contribution in [0.4, 0.5) is 10.8 Å². The molecule has 2 aromatic heterocycles. The number of aromatic nitrogens is 3. The fourth-order valence-corrected chi connectivity index (χ4v) is 3.69. The van der Waals surface area contributed by atoms with Gasteiger partial charge in [-0.3, -0.25) is 29.9 Å². The van der Waals surface area contributed by atoms with Gasteiger partial charge in [0.25, 0.3) is 0 Å². The third kappa shape index (κ3) is 4.27. The van der Waals surface area contributed by atoms with E-state index >= 15 is 0 Å². The predicted octanol–water partition coefficient (Wildman–Crippen LogP) is 0.739. The molecule has 0 unspecified atom stereocenters. The average Bonchev–Trinajstić information content (AvgIpc) is 3.42. The van der Waals surface area contributed by atoms with Gasteiger partial charge in [0.2, 0.25) is 10.9 Å². The number of anilines is 2. The van der Waals surface area contributed by atoms with Crippen molar-refractivity contribution in [1.29, 1.82) is 5.26 Å². The van der Waals surface area contributed by atoms with Gasteiger partial charge in [-0.05, 0) is 24.5 Å². The third-order valence-electron chi connectivity index (χ3n) is 4.82. The Labute approximate surface area is 195 Å². The highest BCUT2D eigenvalue weighted by atomic mass is 32.1. The maximum absolute atomic E-state index is 13.1. The van der Waals surface area contributed by atoms with E-state index in [4.69, 9.17) is 0 Å². The molecule has 168 valence electrons. The van der Waals surface area contributed by atoms with Gasteiger partial charge in [0.05, 0.1) is 17.5 Å². The molecule has 2 aromatic carbocycles. The number of hydrogen-bond acceptors (Lipinski definition) is 11. The molecule has 0 aliphatic heterocycles. The van der Waals surface area contributed by atoms with Gasteiger partial charge in [-0.2, -0.15) is 24.9 Å². The predicted molar refractivity (Wildman–Crippen MR) is 124 cm³/mol. The number of nitriles is 1. The van der Waals surface area contributed by atoms with Crippen molar-refractivity contribution in [3.63, 3.8) is 0 Å². The molecule has 0 saturated carbocycles. The van der Waals surface area contributed by atoms with Crippen molar-refractivity contribution in [1.82, 2.24) is 14.2 Å². The number of benzene rings is 2.